The van der Waals surface area contributed by atoms with E-state index in [4.69, 9.17) is 16.3 Å². The molecular formula is C34H40ClF6N5O2. The lowest BCUT2D eigenvalue weighted by Gasteiger charge is -2.42. The van der Waals surface area contributed by atoms with E-state index in [9.17, 15) is 31.1 Å². The fraction of sp³-hybridized carbons (Fsp3) is 0.588. The van der Waals surface area contributed by atoms with E-state index in [1.54, 1.807) is 6.07 Å². The van der Waals surface area contributed by atoms with Gasteiger partial charge < -0.3 is 9.64 Å². The Bertz CT molecular complexity index is 1560. The number of benzene rings is 1. The number of carbonyl (C=O) groups excluding carboxylic acids is 1. The predicted molar refractivity (Wildman–Crippen MR) is 171 cm³/mol. The number of hydrogen-bond acceptors (Lipinski definition) is 6. The first-order valence-corrected chi connectivity index (χ1v) is 16.9. The van der Waals surface area contributed by atoms with Crippen LogP contribution in [0.4, 0.5) is 32.0 Å². The molecule has 2 aliphatic heterocycles. The molecule has 3 fully saturated rings. The second-order valence-electron chi connectivity index (χ2n) is 13.4. The minimum atomic E-state index is -4.80. The number of ether oxygens (including phenoxy) is 1. The average Bonchev–Trinajstić information content (AvgIpc) is 3.68. The summed E-state index contributed by atoms with van der Waals surface area (Å²) < 4.78 is 89.0. The van der Waals surface area contributed by atoms with E-state index in [1.807, 2.05) is 21.9 Å². The first kappa shape index (κ1) is 34.8. The highest BCUT2D eigenvalue weighted by Crippen LogP contribution is 2.58. The van der Waals surface area contributed by atoms with E-state index < -0.39 is 41.0 Å². The monoisotopic (exact) mass is 699 g/mol. The van der Waals surface area contributed by atoms with Crippen LogP contribution < -0.4 is 4.90 Å². The van der Waals surface area contributed by atoms with Gasteiger partial charge in [-0.2, -0.15) is 31.4 Å². The normalized spacial score (nSPS) is 25.2. The number of anilines is 1. The van der Waals surface area contributed by atoms with Crippen LogP contribution in [0.25, 0.3) is 5.57 Å². The van der Waals surface area contributed by atoms with E-state index in [0.29, 0.717) is 50.6 Å². The Morgan fingerprint density at radius 2 is 1.81 bits per heavy atom. The van der Waals surface area contributed by atoms with Crippen LogP contribution in [0.15, 0.2) is 42.6 Å². The molecule has 1 aromatic carbocycles. The van der Waals surface area contributed by atoms with Gasteiger partial charge in [-0.3, -0.25) is 14.5 Å². The SMILES string of the molecule is CCOC(=O)c1cnn(C2CCCN(c3cc(Cl)ccc3C3=CC(C)C(N4CCN(CC5(C(F)(F)F)CC5)CC4)C=C3)C2)c1C(F)(F)F. The van der Waals surface area contributed by atoms with Gasteiger partial charge in [0, 0.05) is 68.1 Å². The summed E-state index contributed by atoms with van der Waals surface area (Å²) >= 11 is 6.46. The molecule has 2 aliphatic carbocycles. The Kier molecular flexibility index (Phi) is 9.69. The van der Waals surface area contributed by atoms with Gasteiger partial charge in [0.2, 0.25) is 0 Å². The molecule has 3 unspecified atom stereocenters. The van der Waals surface area contributed by atoms with Crippen LogP contribution in [0, 0.1) is 11.3 Å². The quantitative estimate of drug-likeness (QED) is 0.210. The number of rotatable bonds is 8. The molecule has 0 bridgehead atoms. The summed E-state index contributed by atoms with van der Waals surface area (Å²) in [5.41, 5.74) is -0.568. The van der Waals surface area contributed by atoms with Crippen molar-refractivity contribution in [1.82, 2.24) is 19.6 Å². The van der Waals surface area contributed by atoms with Crippen LogP contribution in [0.3, 0.4) is 0 Å². The maximum absolute atomic E-state index is 14.2. The third kappa shape index (κ3) is 7.00. The Morgan fingerprint density at radius 1 is 1.08 bits per heavy atom. The van der Waals surface area contributed by atoms with Crippen molar-refractivity contribution in [2.75, 3.05) is 57.3 Å². The van der Waals surface area contributed by atoms with Crippen molar-refractivity contribution >= 4 is 28.8 Å². The number of aromatic nitrogens is 2. The van der Waals surface area contributed by atoms with Gasteiger partial charge in [-0.05, 0) is 56.2 Å². The summed E-state index contributed by atoms with van der Waals surface area (Å²) in [7, 11) is 0. The van der Waals surface area contributed by atoms with Crippen molar-refractivity contribution in [3.8, 4) is 0 Å². The Labute approximate surface area is 281 Å². The molecule has 3 atom stereocenters. The van der Waals surface area contributed by atoms with Gasteiger partial charge >= 0.3 is 18.3 Å². The number of allylic oxidation sites excluding steroid dienone is 2. The molecule has 2 aromatic rings. The molecule has 262 valence electrons. The summed E-state index contributed by atoms with van der Waals surface area (Å²) in [5.74, 6) is -0.946. The van der Waals surface area contributed by atoms with Gasteiger partial charge in [0.05, 0.1) is 24.3 Å². The molecular weight excluding hydrogens is 660 g/mol. The maximum Gasteiger partial charge on any atom is 0.433 e. The zero-order chi connectivity index (χ0) is 34.4. The molecule has 2 saturated heterocycles. The second-order valence-corrected chi connectivity index (χ2v) is 13.8. The van der Waals surface area contributed by atoms with Crippen LogP contribution in [0.1, 0.15) is 67.2 Å². The standard InChI is InChI=1S/C34H40ClF6N5O2/c1-3-48-31(47)27-19-42-46(30(27)33(36,37)38)25-5-4-12-45(20-25)29-18-24(35)7-8-26(29)23-6-9-28(22(2)17-23)44-15-13-43(14-16-44)21-32(10-11-32)34(39,40)41/h6-9,17-19,22,25,28H,3-5,10-16,20-21H2,1-2H3. The van der Waals surface area contributed by atoms with Crippen molar-refractivity contribution < 1.29 is 35.9 Å². The van der Waals surface area contributed by atoms with Crippen molar-refractivity contribution in [1.29, 1.82) is 0 Å². The van der Waals surface area contributed by atoms with Crippen LogP contribution in [0.5, 0.6) is 0 Å². The van der Waals surface area contributed by atoms with Gasteiger partial charge in [0.25, 0.3) is 0 Å². The predicted octanol–water partition coefficient (Wildman–Crippen LogP) is 7.49. The molecule has 7 nitrogen and oxygen atoms in total. The molecule has 48 heavy (non-hydrogen) atoms. The number of piperazine rings is 1. The molecule has 0 spiro atoms. The molecule has 0 radical (unpaired) electrons. The Hall–Kier alpha value is -3.03. The van der Waals surface area contributed by atoms with E-state index in [2.05, 4.69) is 35.2 Å². The molecule has 4 aliphatic rings. The van der Waals surface area contributed by atoms with Crippen molar-refractivity contribution in [3.63, 3.8) is 0 Å². The first-order valence-electron chi connectivity index (χ1n) is 16.5. The molecule has 1 aromatic heterocycles. The summed E-state index contributed by atoms with van der Waals surface area (Å²) in [6.45, 7) is 7.06. The molecule has 3 heterocycles. The number of alkyl halides is 6. The van der Waals surface area contributed by atoms with E-state index >= 15 is 0 Å². The number of carbonyl (C=O) groups is 1. The Balaban J connectivity index is 1.17. The minimum Gasteiger partial charge on any atom is -0.462 e. The third-order valence-electron chi connectivity index (χ3n) is 10.2. The molecule has 0 amide bonds. The first-order chi connectivity index (χ1) is 22.7. The van der Waals surface area contributed by atoms with Gasteiger partial charge in [-0.15, -0.1) is 0 Å². The van der Waals surface area contributed by atoms with Gasteiger partial charge in [-0.25, -0.2) is 4.79 Å². The summed E-state index contributed by atoms with van der Waals surface area (Å²) in [5, 5.41) is 4.53. The van der Waals surface area contributed by atoms with E-state index in [1.165, 1.54) is 6.92 Å². The van der Waals surface area contributed by atoms with Crippen LogP contribution in [0.2, 0.25) is 5.02 Å². The minimum absolute atomic E-state index is 0.0533. The van der Waals surface area contributed by atoms with Crippen LogP contribution in [-0.2, 0) is 10.9 Å². The smallest absolute Gasteiger partial charge is 0.433 e. The number of piperidine rings is 1. The van der Waals surface area contributed by atoms with Crippen LogP contribution >= 0.6 is 11.6 Å². The van der Waals surface area contributed by atoms with Crippen molar-refractivity contribution in [2.24, 2.45) is 11.3 Å². The van der Waals surface area contributed by atoms with Gasteiger partial charge in [0.15, 0.2) is 5.69 Å². The maximum atomic E-state index is 14.2. The van der Waals surface area contributed by atoms with Crippen molar-refractivity contribution in [2.45, 2.75) is 64.0 Å². The lowest BCUT2D eigenvalue weighted by Crippen LogP contribution is -2.53. The number of halogens is 7. The van der Waals surface area contributed by atoms with E-state index in [-0.39, 0.29) is 44.5 Å². The lowest BCUT2D eigenvalue weighted by atomic mass is 9.87. The fourth-order valence-corrected chi connectivity index (χ4v) is 7.61. The highest BCUT2D eigenvalue weighted by atomic mass is 35.5. The highest BCUT2D eigenvalue weighted by molar-refractivity contribution is 6.31. The fourth-order valence-electron chi connectivity index (χ4n) is 7.44. The molecule has 0 N–H and O–H groups in total. The topological polar surface area (TPSA) is 53.8 Å². The van der Waals surface area contributed by atoms with Crippen molar-refractivity contribution in [3.05, 3.63) is 64.5 Å². The van der Waals surface area contributed by atoms with E-state index in [0.717, 1.165) is 27.7 Å². The zero-order valence-electron chi connectivity index (χ0n) is 27.0. The lowest BCUT2D eigenvalue weighted by molar-refractivity contribution is -0.193. The van der Waals surface area contributed by atoms with Gasteiger partial charge in [0.1, 0.15) is 5.56 Å². The second kappa shape index (κ2) is 13.4. The molecule has 1 saturated carbocycles. The summed E-state index contributed by atoms with van der Waals surface area (Å²) in [6.07, 6.45) is -0.173. The number of hydrogen-bond donors (Lipinski definition) is 0. The number of nitrogens with zero attached hydrogens (tertiary/aromatic N) is 5. The van der Waals surface area contributed by atoms with Gasteiger partial charge in [-0.1, -0.05) is 42.8 Å². The Morgan fingerprint density at radius 3 is 2.44 bits per heavy atom. The summed E-state index contributed by atoms with van der Waals surface area (Å²) in [4.78, 5) is 18.6. The molecule has 6 rings (SSSR count). The number of esters is 1. The molecule has 14 heteroatoms. The summed E-state index contributed by atoms with van der Waals surface area (Å²) in [6, 6.07) is 4.99. The van der Waals surface area contributed by atoms with Crippen LogP contribution in [-0.4, -0.2) is 90.2 Å². The highest BCUT2D eigenvalue weighted by Gasteiger charge is 2.63. The largest absolute Gasteiger partial charge is 0.462 e. The zero-order valence-corrected chi connectivity index (χ0v) is 27.7. The third-order valence-corrected chi connectivity index (χ3v) is 10.4. The average molecular weight is 700 g/mol.